The Balaban J connectivity index is 3.50. The van der Waals surface area contributed by atoms with Crippen LogP contribution in [0.15, 0.2) is 0 Å². The van der Waals surface area contributed by atoms with Crippen LogP contribution >= 0.6 is 0 Å². The van der Waals surface area contributed by atoms with E-state index >= 15 is 0 Å². The zero-order valence-corrected chi connectivity index (χ0v) is 10.5. The first kappa shape index (κ1) is 14.4. The van der Waals surface area contributed by atoms with Crippen LogP contribution in [0.25, 0.3) is 0 Å². The topological polar surface area (TPSA) is 41.6 Å². The fourth-order valence-electron chi connectivity index (χ4n) is 1.05. The van der Waals surface area contributed by atoms with E-state index in [0.29, 0.717) is 12.6 Å². The van der Waals surface area contributed by atoms with Gasteiger partial charge in [-0.05, 0) is 40.8 Å². The highest BCUT2D eigenvalue weighted by Crippen LogP contribution is 1.94. The van der Waals surface area contributed by atoms with Crippen molar-refractivity contribution in [1.82, 2.24) is 10.2 Å². The largest absolute Gasteiger partial charge is 0.372 e. The zero-order valence-electron chi connectivity index (χ0n) is 10.5. The number of hydrogen-bond acceptors (Lipinski definition) is 3. The van der Waals surface area contributed by atoms with E-state index in [1.165, 1.54) is 7.11 Å². The highest BCUT2D eigenvalue weighted by molar-refractivity contribution is 5.80. The van der Waals surface area contributed by atoms with Gasteiger partial charge in [-0.25, -0.2) is 0 Å². The van der Waals surface area contributed by atoms with Crippen LogP contribution in [0.3, 0.4) is 0 Å². The molecule has 0 saturated heterocycles. The Morgan fingerprint density at radius 1 is 1.40 bits per heavy atom. The van der Waals surface area contributed by atoms with Gasteiger partial charge in [-0.3, -0.25) is 4.79 Å². The molecule has 0 heterocycles. The number of carbonyl (C=O) groups excluding carboxylic acids is 1. The summed E-state index contributed by atoms with van der Waals surface area (Å²) in [4.78, 5) is 13.6. The summed E-state index contributed by atoms with van der Waals surface area (Å²) >= 11 is 0. The predicted molar refractivity (Wildman–Crippen MR) is 61.9 cm³/mol. The average molecular weight is 216 g/mol. The van der Waals surface area contributed by atoms with Crippen molar-refractivity contribution >= 4 is 5.91 Å². The van der Waals surface area contributed by atoms with Crippen molar-refractivity contribution in [2.24, 2.45) is 0 Å². The van der Waals surface area contributed by atoms with E-state index < -0.39 is 0 Å². The summed E-state index contributed by atoms with van der Waals surface area (Å²) in [6, 6.07) is 0.554. The van der Waals surface area contributed by atoms with Gasteiger partial charge in [-0.1, -0.05) is 0 Å². The predicted octanol–water partition coefficient (Wildman–Crippen LogP) is 0.868. The van der Waals surface area contributed by atoms with Gasteiger partial charge < -0.3 is 15.0 Å². The second-order valence-corrected chi connectivity index (χ2v) is 4.10. The molecule has 0 aromatic carbocycles. The van der Waals surface area contributed by atoms with E-state index in [1.54, 1.807) is 6.92 Å². The van der Waals surface area contributed by atoms with Crippen LogP contribution in [-0.4, -0.2) is 50.2 Å². The Labute approximate surface area is 93.0 Å². The first-order valence-electron chi connectivity index (χ1n) is 5.49. The van der Waals surface area contributed by atoms with E-state index in [1.807, 2.05) is 0 Å². The Hall–Kier alpha value is -0.610. The van der Waals surface area contributed by atoms with Gasteiger partial charge in [-0.2, -0.15) is 0 Å². The maximum absolute atomic E-state index is 11.3. The molecule has 0 rings (SSSR count). The van der Waals surface area contributed by atoms with Crippen molar-refractivity contribution in [2.75, 3.05) is 27.2 Å². The van der Waals surface area contributed by atoms with Gasteiger partial charge in [0.15, 0.2) is 0 Å². The smallest absolute Gasteiger partial charge is 0.248 e. The molecule has 0 saturated carbocycles. The molecule has 1 N–H and O–H groups in total. The third-order valence-electron chi connectivity index (χ3n) is 2.59. The molecular weight excluding hydrogens is 192 g/mol. The minimum absolute atomic E-state index is 0.0373. The van der Waals surface area contributed by atoms with Crippen LogP contribution in [0, 0.1) is 0 Å². The number of ether oxygens (including phenoxy) is 1. The molecule has 0 aliphatic carbocycles. The third kappa shape index (κ3) is 6.47. The molecule has 0 aromatic heterocycles. The van der Waals surface area contributed by atoms with Gasteiger partial charge in [0.2, 0.25) is 5.91 Å². The lowest BCUT2D eigenvalue weighted by atomic mass is 10.3. The molecule has 4 heteroatoms. The van der Waals surface area contributed by atoms with Gasteiger partial charge in [0.1, 0.15) is 6.10 Å². The van der Waals surface area contributed by atoms with Crippen LogP contribution in [0.2, 0.25) is 0 Å². The van der Waals surface area contributed by atoms with Crippen LogP contribution in [0.1, 0.15) is 27.2 Å². The standard InChI is InChI=1S/C11H24N2O2/c1-9(2)13(4)8-6-7-12-11(14)10(3)15-5/h9-10H,6-8H2,1-5H3,(H,12,14)/t10-/m1/s1. The van der Waals surface area contributed by atoms with Crippen molar-refractivity contribution in [3.8, 4) is 0 Å². The second-order valence-electron chi connectivity index (χ2n) is 4.10. The summed E-state index contributed by atoms with van der Waals surface area (Å²) in [6.07, 6.45) is 0.615. The molecule has 15 heavy (non-hydrogen) atoms. The average Bonchev–Trinajstić information content (AvgIpc) is 2.22. The lowest BCUT2D eigenvalue weighted by Gasteiger charge is -2.20. The van der Waals surface area contributed by atoms with Gasteiger partial charge in [-0.15, -0.1) is 0 Å². The number of rotatable bonds is 7. The van der Waals surface area contributed by atoms with Crippen LogP contribution in [0.5, 0.6) is 0 Å². The summed E-state index contributed by atoms with van der Waals surface area (Å²) in [5, 5.41) is 2.84. The Morgan fingerprint density at radius 2 is 2.00 bits per heavy atom. The normalized spacial score (nSPS) is 13.3. The monoisotopic (exact) mass is 216 g/mol. The summed E-state index contributed by atoms with van der Waals surface area (Å²) in [7, 11) is 3.63. The molecule has 0 spiro atoms. The lowest BCUT2D eigenvalue weighted by Crippen LogP contribution is -2.36. The Morgan fingerprint density at radius 3 is 2.47 bits per heavy atom. The number of amides is 1. The number of nitrogens with one attached hydrogen (secondary N) is 1. The minimum atomic E-state index is -0.354. The number of hydrogen-bond donors (Lipinski definition) is 1. The SMILES string of the molecule is CO[C@H](C)C(=O)NCCCN(C)C(C)C. The van der Waals surface area contributed by atoms with Crippen LogP contribution in [-0.2, 0) is 9.53 Å². The van der Waals surface area contributed by atoms with E-state index in [0.717, 1.165) is 13.0 Å². The molecule has 0 bridgehead atoms. The molecular formula is C11H24N2O2. The highest BCUT2D eigenvalue weighted by atomic mass is 16.5. The van der Waals surface area contributed by atoms with E-state index in [2.05, 4.69) is 31.1 Å². The van der Waals surface area contributed by atoms with E-state index in [-0.39, 0.29) is 12.0 Å². The quantitative estimate of drug-likeness (QED) is 0.642. The van der Waals surface area contributed by atoms with Crippen LogP contribution in [0.4, 0.5) is 0 Å². The Bertz CT molecular complexity index is 183. The number of methoxy groups -OCH3 is 1. The van der Waals surface area contributed by atoms with E-state index in [4.69, 9.17) is 4.74 Å². The van der Waals surface area contributed by atoms with Crippen molar-refractivity contribution < 1.29 is 9.53 Å². The second kappa shape index (κ2) is 7.65. The molecule has 0 fully saturated rings. The van der Waals surface area contributed by atoms with Crippen LogP contribution < -0.4 is 5.32 Å². The molecule has 90 valence electrons. The Kier molecular flexibility index (Phi) is 7.34. The summed E-state index contributed by atoms with van der Waals surface area (Å²) < 4.78 is 4.91. The van der Waals surface area contributed by atoms with Gasteiger partial charge in [0.05, 0.1) is 0 Å². The summed E-state index contributed by atoms with van der Waals surface area (Å²) in [5.74, 6) is -0.0373. The van der Waals surface area contributed by atoms with Gasteiger partial charge in [0, 0.05) is 19.7 Å². The van der Waals surface area contributed by atoms with Crippen molar-refractivity contribution in [3.05, 3.63) is 0 Å². The van der Waals surface area contributed by atoms with Crippen molar-refractivity contribution in [1.29, 1.82) is 0 Å². The lowest BCUT2D eigenvalue weighted by molar-refractivity contribution is -0.130. The summed E-state index contributed by atoms with van der Waals surface area (Å²) in [5.41, 5.74) is 0. The molecule has 0 radical (unpaired) electrons. The molecule has 1 amide bonds. The first-order chi connectivity index (χ1) is 6.99. The number of carbonyl (C=O) groups is 1. The molecule has 4 nitrogen and oxygen atoms in total. The minimum Gasteiger partial charge on any atom is -0.372 e. The number of nitrogens with zero attached hydrogens (tertiary/aromatic N) is 1. The zero-order chi connectivity index (χ0) is 11.8. The fourth-order valence-corrected chi connectivity index (χ4v) is 1.05. The van der Waals surface area contributed by atoms with Gasteiger partial charge in [0.25, 0.3) is 0 Å². The maximum atomic E-state index is 11.3. The van der Waals surface area contributed by atoms with E-state index in [9.17, 15) is 4.79 Å². The highest BCUT2D eigenvalue weighted by Gasteiger charge is 2.10. The molecule has 0 aliphatic rings. The van der Waals surface area contributed by atoms with Gasteiger partial charge >= 0.3 is 0 Å². The first-order valence-corrected chi connectivity index (χ1v) is 5.49. The van der Waals surface area contributed by atoms with Crippen molar-refractivity contribution in [2.45, 2.75) is 39.3 Å². The maximum Gasteiger partial charge on any atom is 0.248 e. The molecule has 0 unspecified atom stereocenters. The summed E-state index contributed by atoms with van der Waals surface area (Å²) in [6.45, 7) is 7.77. The molecule has 0 aromatic rings. The van der Waals surface area contributed by atoms with Crippen molar-refractivity contribution in [3.63, 3.8) is 0 Å². The molecule has 1 atom stereocenters. The molecule has 0 aliphatic heterocycles. The third-order valence-corrected chi connectivity index (χ3v) is 2.59. The fraction of sp³-hybridized carbons (Fsp3) is 0.909.